The summed E-state index contributed by atoms with van der Waals surface area (Å²) in [6.07, 6.45) is 3.65. The molecule has 3 rings (SSSR count). The van der Waals surface area contributed by atoms with Crippen LogP contribution < -0.4 is 10.6 Å². The average molecular weight is 421 g/mol. The second-order valence-electron chi connectivity index (χ2n) is 9.76. The van der Waals surface area contributed by atoms with Gasteiger partial charge in [-0.3, -0.25) is 19.2 Å². The molecule has 0 aromatic carbocycles. The highest BCUT2D eigenvalue weighted by Gasteiger charge is 2.43. The second kappa shape index (κ2) is 9.35. The molecule has 3 saturated heterocycles. The predicted octanol–water partition coefficient (Wildman–Crippen LogP) is 1.04. The number of fused-ring (bicyclic) bond motifs is 2. The number of nitrogens with one attached hydrogen (secondary N) is 2. The van der Waals surface area contributed by atoms with Crippen LogP contribution in [0.5, 0.6) is 0 Å². The zero-order valence-corrected chi connectivity index (χ0v) is 18.6. The molecule has 0 spiro atoms. The van der Waals surface area contributed by atoms with E-state index in [2.05, 4.69) is 10.6 Å². The summed E-state index contributed by atoms with van der Waals surface area (Å²) in [5.41, 5.74) is 0. The first-order valence-corrected chi connectivity index (χ1v) is 11.4. The Bertz CT molecular complexity index is 635. The van der Waals surface area contributed by atoms with E-state index in [0.29, 0.717) is 38.8 Å². The summed E-state index contributed by atoms with van der Waals surface area (Å²) in [5, 5.41) is 5.87. The molecule has 8 heteroatoms. The minimum atomic E-state index is -0.672. The van der Waals surface area contributed by atoms with Crippen LogP contribution in [-0.4, -0.2) is 70.7 Å². The van der Waals surface area contributed by atoms with Gasteiger partial charge >= 0.3 is 0 Å². The second-order valence-corrected chi connectivity index (χ2v) is 9.76. The van der Waals surface area contributed by atoms with Crippen LogP contribution in [0, 0.1) is 11.8 Å². The van der Waals surface area contributed by atoms with Crippen LogP contribution in [0.15, 0.2) is 0 Å². The quantitative estimate of drug-likeness (QED) is 0.710. The predicted molar refractivity (Wildman–Crippen MR) is 112 cm³/mol. The van der Waals surface area contributed by atoms with E-state index in [1.165, 1.54) is 0 Å². The minimum Gasteiger partial charge on any atom is -0.342 e. The van der Waals surface area contributed by atoms with E-state index in [-0.39, 0.29) is 35.5 Å². The van der Waals surface area contributed by atoms with Gasteiger partial charge in [-0.05, 0) is 50.4 Å². The summed E-state index contributed by atoms with van der Waals surface area (Å²) >= 11 is 0. The van der Waals surface area contributed by atoms with Gasteiger partial charge in [0.25, 0.3) is 0 Å². The number of nitrogens with zero attached hydrogens (tertiary/aromatic N) is 2. The first-order chi connectivity index (χ1) is 14.2. The number of carbonyl (C=O) groups excluding carboxylic acids is 4. The van der Waals surface area contributed by atoms with Gasteiger partial charge in [0, 0.05) is 13.1 Å². The first-order valence-electron chi connectivity index (χ1n) is 11.4. The third-order valence-electron chi connectivity index (χ3n) is 6.32. The van der Waals surface area contributed by atoms with Crippen molar-refractivity contribution in [3.05, 3.63) is 0 Å². The standard InChI is InChI=1S/C22H36N4O4/c1-13(2)11-15-21(29)25-9-5-8-18(25)20(28)24-16(12-14(3)4)22(30)26-10-6-7-17(26)19(27)23-15/h13-18H,5-12H2,1-4H3,(H,23,27)(H,24,28)/t15-,16?,17+,18+/m1/s1. The van der Waals surface area contributed by atoms with Gasteiger partial charge in [0.05, 0.1) is 0 Å². The van der Waals surface area contributed by atoms with E-state index in [0.717, 1.165) is 12.8 Å². The zero-order chi connectivity index (χ0) is 22.0. The maximum atomic E-state index is 13.3. The van der Waals surface area contributed by atoms with Gasteiger partial charge in [0.2, 0.25) is 23.6 Å². The lowest BCUT2D eigenvalue weighted by Gasteiger charge is -2.35. The van der Waals surface area contributed by atoms with Crippen molar-refractivity contribution in [1.82, 2.24) is 20.4 Å². The first kappa shape index (κ1) is 22.6. The topological polar surface area (TPSA) is 98.8 Å². The fourth-order valence-electron chi connectivity index (χ4n) is 4.93. The largest absolute Gasteiger partial charge is 0.342 e. The summed E-state index contributed by atoms with van der Waals surface area (Å²) in [4.78, 5) is 56.1. The van der Waals surface area contributed by atoms with E-state index < -0.39 is 24.2 Å². The number of hydrogen-bond acceptors (Lipinski definition) is 4. The Morgan fingerprint density at radius 2 is 1.10 bits per heavy atom. The Morgan fingerprint density at radius 3 is 1.43 bits per heavy atom. The smallest absolute Gasteiger partial charge is 0.245 e. The SMILES string of the molecule is CC(C)CC1NC(=O)[C@@H]2CCCN2C(=O)[C@@H](CC(C)C)NC(=O)[C@@H]2CCCN2C1=O. The molecule has 168 valence electrons. The van der Waals surface area contributed by atoms with E-state index >= 15 is 0 Å². The summed E-state index contributed by atoms with van der Waals surface area (Å²) in [6.45, 7) is 9.02. The molecule has 3 fully saturated rings. The highest BCUT2D eigenvalue weighted by atomic mass is 16.2. The Kier molecular flexibility index (Phi) is 7.03. The van der Waals surface area contributed by atoms with Gasteiger partial charge < -0.3 is 20.4 Å². The van der Waals surface area contributed by atoms with Crippen LogP contribution in [0.4, 0.5) is 0 Å². The Labute approximate surface area is 179 Å². The lowest BCUT2D eigenvalue weighted by molar-refractivity contribution is -0.147. The van der Waals surface area contributed by atoms with Gasteiger partial charge in [-0.2, -0.15) is 0 Å². The van der Waals surface area contributed by atoms with Crippen molar-refractivity contribution in [3.8, 4) is 0 Å². The Hall–Kier alpha value is -2.12. The van der Waals surface area contributed by atoms with Crippen LogP contribution in [0.1, 0.15) is 66.2 Å². The molecular weight excluding hydrogens is 384 g/mol. The summed E-state index contributed by atoms with van der Waals surface area (Å²) in [6, 6.07) is -2.51. The highest BCUT2D eigenvalue weighted by molar-refractivity contribution is 5.98. The van der Waals surface area contributed by atoms with Gasteiger partial charge in [0.1, 0.15) is 24.2 Å². The highest BCUT2D eigenvalue weighted by Crippen LogP contribution is 2.25. The number of hydrogen-bond donors (Lipinski definition) is 2. The lowest BCUT2D eigenvalue weighted by atomic mass is 9.99. The fraction of sp³-hybridized carbons (Fsp3) is 0.818. The molecule has 0 aromatic rings. The van der Waals surface area contributed by atoms with Gasteiger partial charge in [-0.1, -0.05) is 27.7 Å². The van der Waals surface area contributed by atoms with Crippen LogP contribution >= 0.6 is 0 Å². The van der Waals surface area contributed by atoms with E-state index in [1.54, 1.807) is 9.80 Å². The molecule has 4 amide bonds. The molecule has 3 aliphatic heterocycles. The van der Waals surface area contributed by atoms with Crippen molar-refractivity contribution in [1.29, 1.82) is 0 Å². The van der Waals surface area contributed by atoms with E-state index in [9.17, 15) is 19.2 Å². The van der Waals surface area contributed by atoms with Crippen LogP contribution in [0.25, 0.3) is 0 Å². The normalized spacial score (nSPS) is 30.7. The van der Waals surface area contributed by atoms with Gasteiger partial charge in [0.15, 0.2) is 0 Å². The number of amides is 4. The van der Waals surface area contributed by atoms with Gasteiger partial charge in [-0.25, -0.2) is 0 Å². The average Bonchev–Trinajstić information content (AvgIpc) is 3.33. The Balaban J connectivity index is 1.96. The minimum absolute atomic E-state index is 0.188. The zero-order valence-electron chi connectivity index (χ0n) is 18.6. The molecule has 2 N–H and O–H groups in total. The van der Waals surface area contributed by atoms with Crippen molar-refractivity contribution in [2.45, 2.75) is 90.4 Å². The maximum Gasteiger partial charge on any atom is 0.245 e. The fourth-order valence-corrected chi connectivity index (χ4v) is 4.93. The maximum absolute atomic E-state index is 13.3. The third-order valence-corrected chi connectivity index (χ3v) is 6.32. The molecule has 30 heavy (non-hydrogen) atoms. The molecule has 4 atom stereocenters. The van der Waals surface area contributed by atoms with Gasteiger partial charge in [-0.15, -0.1) is 0 Å². The van der Waals surface area contributed by atoms with Crippen LogP contribution in [0.2, 0.25) is 0 Å². The molecule has 1 unspecified atom stereocenters. The molecule has 8 nitrogen and oxygen atoms in total. The molecule has 0 radical (unpaired) electrons. The van der Waals surface area contributed by atoms with Crippen LogP contribution in [-0.2, 0) is 19.2 Å². The van der Waals surface area contributed by atoms with E-state index in [4.69, 9.17) is 0 Å². The summed E-state index contributed by atoms with van der Waals surface area (Å²) in [5.74, 6) is -0.479. The van der Waals surface area contributed by atoms with Crippen molar-refractivity contribution < 1.29 is 19.2 Å². The Morgan fingerprint density at radius 1 is 0.733 bits per heavy atom. The number of rotatable bonds is 4. The monoisotopic (exact) mass is 420 g/mol. The van der Waals surface area contributed by atoms with Crippen molar-refractivity contribution in [2.24, 2.45) is 11.8 Å². The van der Waals surface area contributed by atoms with E-state index in [1.807, 2.05) is 27.7 Å². The molecule has 0 bridgehead atoms. The lowest BCUT2D eigenvalue weighted by Crippen LogP contribution is -2.61. The molecule has 0 aliphatic carbocycles. The van der Waals surface area contributed by atoms with Crippen molar-refractivity contribution >= 4 is 23.6 Å². The molecule has 0 aromatic heterocycles. The number of carbonyl (C=O) groups is 4. The molecule has 3 heterocycles. The molecule has 0 saturated carbocycles. The third kappa shape index (κ3) is 4.78. The summed E-state index contributed by atoms with van der Waals surface area (Å²) in [7, 11) is 0. The van der Waals surface area contributed by atoms with Crippen molar-refractivity contribution in [3.63, 3.8) is 0 Å². The van der Waals surface area contributed by atoms with Crippen LogP contribution in [0.3, 0.4) is 0 Å². The van der Waals surface area contributed by atoms with Crippen molar-refractivity contribution in [2.75, 3.05) is 13.1 Å². The summed E-state index contributed by atoms with van der Waals surface area (Å²) < 4.78 is 0. The molecule has 3 aliphatic rings. The molecular formula is C22H36N4O4.